The number of unbranched alkanes of at least 4 members (excludes halogenated alkanes) is 22. The van der Waals surface area contributed by atoms with E-state index in [9.17, 15) is 24.2 Å². The van der Waals surface area contributed by atoms with Crippen LogP contribution in [0.4, 0.5) is 0 Å². The van der Waals surface area contributed by atoms with Crippen molar-refractivity contribution in [2.24, 2.45) is 0 Å². The first-order valence-electron chi connectivity index (χ1n) is 21.3. The topological polar surface area (TPSA) is 152 Å². The summed E-state index contributed by atoms with van der Waals surface area (Å²) in [5.41, 5.74) is 0. The van der Waals surface area contributed by atoms with E-state index in [0.717, 1.165) is 77.0 Å². The lowest BCUT2D eigenvalue weighted by atomic mass is 10.1. The number of allylic oxidation sites excluding steroid dienone is 4. The van der Waals surface area contributed by atoms with Gasteiger partial charge >= 0.3 is 11.9 Å². The molecule has 0 aliphatic heterocycles. The van der Waals surface area contributed by atoms with E-state index in [1.165, 1.54) is 77.0 Å². The normalized spacial score (nSPS) is 14.1. The molecule has 0 aromatic heterocycles. The fourth-order valence-electron chi connectivity index (χ4n) is 5.74. The van der Waals surface area contributed by atoms with Gasteiger partial charge in [-0.05, 0) is 64.2 Å². The van der Waals surface area contributed by atoms with Crippen molar-refractivity contribution in [1.82, 2.24) is 0 Å². The molecule has 0 amide bonds. The van der Waals surface area contributed by atoms with Crippen LogP contribution in [0, 0.1) is 0 Å². The highest BCUT2D eigenvalue weighted by molar-refractivity contribution is 7.45. The lowest BCUT2D eigenvalue weighted by Crippen LogP contribution is -2.30. The van der Waals surface area contributed by atoms with Crippen LogP contribution in [0.5, 0.6) is 0 Å². The van der Waals surface area contributed by atoms with Crippen LogP contribution in [0.25, 0.3) is 0 Å². The second-order valence-corrected chi connectivity index (χ2v) is 15.7. The number of carbonyl (C=O) groups is 2. The molecule has 10 nitrogen and oxygen atoms in total. The maximum Gasteiger partial charge on any atom is 0.306 e. The predicted molar refractivity (Wildman–Crippen MR) is 212 cm³/mol. The van der Waals surface area contributed by atoms with Gasteiger partial charge in [-0.2, -0.15) is 0 Å². The molecule has 2 unspecified atom stereocenters. The average Bonchev–Trinajstić information content (AvgIpc) is 3.14. The standard InChI is InChI=1S/C42H79O10P/c1-3-5-7-9-11-13-15-17-19-21-23-25-27-29-31-33-41(45)49-37-40(38-51-53(47,48)50-36-39(44)35-43)52-42(46)34-32-30-28-26-24-22-20-18-16-14-12-10-8-6-4-2/h17-20,39-40,43-44H,3-16,21-38H2,1-2H3,(H,47,48)/p-1/b19-17-,20-18-/t39?,40-/m1/s1. The average molecular weight is 774 g/mol. The maximum absolute atomic E-state index is 12.6. The van der Waals surface area contributed by atoms with Crippen LogP contribution in [0.3, 0.4) is 0 Å². The van der Waals surface area contributed by atoms with Gasteiger partial charge in [-0.15, -0.1) is 0 Å². The summed E-state index contributed by atoms with van der Waals surface area (Å²) in [6.45, 7) is 2.17. The Hall–Kier alpha value is -1.55. The van der Waals surface area contributed by atoms with E-state index >= 15 is 0 Å². The number of hydrogen-bond donors (Lipinski definition) is 2. The molecule has 0 rings (SSSR count). The summed E-state index contributed by atoms with van der Waals surface area (Å²) in [5.74, 6) is -0.976. The van der Waals surface area contributed by atoms with Gasteiger partial charge in [0.05, 0.1) is 19.8 Å². The molecule has 11 heteroatoms. The van der Waals surface area contributed by atoms with Crippen molar-refractivity contribution in [2.75, 3.05) is 26.4 Å². The van der Waals surface area contributed by atoms with E-state index < -0.39 is 51.8 Å². The number of carbonyl (C=O) groups excluding carboxylic acids is 2. The van der Waals surface area contributed by atoms with Gasteiger partial charge in [-0.1, -0.05) is 141 Å². The van der Waals surface area contributed by atoms with Gasteiger partial charge in [-0.3, -0.25) is 14.2 Å². The Labute approximate surface area is 323 Å². The summed E-state index contributed by atoms with van der Waals surface area (Å²) in [4.78, 5) is 37.1. The number of aliphatic hydroxyl groups excluding tert-OH is 2. The molecule has 0 bridgehead atoms. The molecule has 53 heavy (non-hydrogen) atoms. The molecule has 0 saturated carbocycles. The first-order chi connectivity index (χ1) is 25.7. The minimum absolute atomic E-state index is 0.158. The van der Waals surface area contributed by atoms with Crippen LogP contribution >= 0.6 is 7.82 Å². The minimum Gasteiger partial charge on any atom is -0.756 e. The van der Waals surface area contributed by atoms with E-state index in [1.54, 1.807) is 0 Å². The first-order valence-corrected chi connectivity index (χ1v) is 22.7. The number of rotatable bonds is 40. The number of phosphoric ester groups is 1. The van der Waals surface area contributed by atoms with Gasteiger partial charge < -0.3 is 33.6 Å². The molecule has 2 N–H and O–H groups in total. The highest BCUT2D eigenvalue weighted by atomic mass is 31.2. The van der Waals surface area contributed by atoms with Crippen LogP contribution in [-0.2, 0) is 32.7 Å². The second kappa shape index (κ2) is 38.7. The Morgan fingerprint density at radius 3 is 1.38 bits per heavy atom. The summed E-state index contributed by atoms with van der Waals surface area (Å²) >= 11 is 0. The zero-order valence-electron chi connectivity index (χ0n) is 33.7. The third kappa shape index (κ3) is 38.5. The fourth-order valence-corrected chi connectivity index (χ4v) is 6.52. The number of ether oxygens (including phenoxy) is 2. The van der Waals surface area contributed by atoms with Gasteiger partial charge in [0.1, 0.15) is 12.7 Å². The Bertz CT molecular complexity index is 941. The van der Waals surface area contributed by atoms with E-state index in [0.29, 0.717) is 12.8 Å². The third-order valence-corrected chi connectivity index (χ3v) is 10.00. The molecule has 0 aromatic carbocycles. The molecular weight excluding hydrogens is 695 g/mol. The van der Waals surface area contributed by atoms with Crippen molar-refractivity contribution in [3.8, 4) is 0 Å². The maximum atomic E-state index is 12.6. The number of aliphatic hydroxyl groups is 2. The first kappa shape index (κ1) is 51.5. The Kier molecular flexibility index (Phi) is 37.6. The molecule has 0 heterocycles. The number of esters is 2. The highest BCUT2D eigenvalue weighted by Gasteiger charge is 2.21. The summed E-state index contributed by atoms with van der Waals surface area (Å²) in [5, 5.41) is 18.3. The smallest absolute Gasteiger partial charge is 0.306 e. The van der Waals surface area contributed by atoms with E-state index in [1.807, 2.05) is 0 Å². The number of hydrogen-bond acceptors (Lipinski definition) is 10. The van der Waals surface area contributed by atoms with Gasteiger partial charge in [0.2, 0.25) is 0 Å². The van der Waals surface area contributed by atoms with Crippen LogP contribution in [0.2, 0.25) is 0 Å². The van der Waals surface area contributed by atoms with Crippen molar-refractivity contribution >= 4 is 19.8 Å². The SMILES string of the molecule is CCCCCCCC/C=C\CCCCCCCC(=O)OC[C@H](COP(=O)([O-])OCC(O)CO)OC(=O)CCCCCCC/C=C\CCCCCCCC. The summed E-state index contributed by atoms with van der Waals surface area (Å²) in [6, 6.07) is 0. The third-order valence-electron chi connectivity index (χ3n) is 9.07. The van der Waals surface area contributed by atoms with Crippen LogP contribution < -0.4 is 4.89 Å². The molecule has 0 spiro atoms. The van der Waals surface area contributed by atoms with Crippen LogP contribution in [-0.4, -0.2) is 60.8 Å². The zero-order chi connectivity index (χ0) is 39.1. The summed E-state index contributed by atoms with van der Waals surface area (Å²) < 4.78 is 32.3. The quantitative estimate of drug-likeness (QED) is 0.0266. The van der Waals surface area contributed by atoms with Crippen molar-refractivity contribution in [3.63, 3.8) is 0 Å². The van der Waals surface area contributed by atoms with Gasteiger partial charge in [0, 0.05) is 12.8 Å². The molecule has 0 radical (unpaired) electrons. The molecule has 0 fully saturated rings. The summed E-state index contributed by atoms with van der Waals surface area (Å²) in [7, 11) is -4.87. The van der Waals surface area contributed by atoms with Crippen molar-refractivity contribution < 1.29 is 47.8 Å². The Balaban J connectivity index is 4.33. The van der Waals surface area contributed by atoms with Crippen molar-refractivity contribution in [1.29, 1.82) is 0 Å². The predicted octanol–water partition coefficient (Wildman–Crippen LogP) is 10.4. The Morgan fingerprint density at radius 1 is 0.566 bits per heavy atom. The minimum atomic E-state index is -4.87. The van der Waals surface area contributed by atoms with Gasteiger partial charge in [0.15, 0.2) is 6.10 Å². The molecule has 0 aromatic rings. The van der Waals surface area contributed by atoms with Crippen molar-refractivity contribution in [3.05, 3.63) is 24.3 Å². The van der Waals surface area contributed by atoms with Gasteiger partial charge in [-0.25, -0.2) is 0 Å². The van der Waals surface area contributed by atoms with E-state index in [2.05, 4.69) is 42.7 Å². The second-order valence-electron chi connectivity index (χ2n) is 14.3. The zero-order valence-corrected chi connectivity index (χ0v) is 34.6. The lowest BCUT2D eigenvalue weighted by molar-refractivity contribution is -0.230. The lowest BCUT2D eigenvalue weighted by Gasteiger charge is -2.26. The summed E-state index contributed by atoms with van der Waals surface area (Å²) in [6.07, 6.45) is 36.9. The molecule has 3 atom stereocenters. The molecule has 312 valence electrons. The van der Waals surface area contributed by atoms with Crippen LogP contribution in [0.15, 0.2) is 24.3 Å². The van der Waals surface area contributed by atoms with E-state index in [4.69, 9.17) is 19.1 Å². The highest BCUT2D eigenvalue weighted by Crippen LogP contribution is 2.38. The van der Waals surface area contributed by atoms with E-state index in [-0.39, 0.29) is 19.4 Å². The Morgan fingerprint density at radius 2 is 0.943 bits per heavy atom. The molecule has 0 aliphatic rings. The monoisotopic (exact) mass is 774 g/mol. The van der Waals surface area contributed by atoms with Crippen LogP contribution in [0.1, 0.15) is 194 Å². The molecular formula is C42H78O10P-. The number of phosphoric acid groups is 1. The fraction of sp³-hybridized carbons (Fsp3) is 0.857. The molecule has 0 aliphatic carbocycles. The van der Waals surface area contributed by atoms with Gasteiger partial charge in [0.25, 0.3) is 7.82 Å². The largest absolute Gasteiger partial charge is 0.756 e. The van der Waals surface area contributed by atoms with Crippen molar-refractivity contribution in [2.45, 2.75) is 206 Å². The molecule has 0 saturated heterocycles.